The summed E-state index contributed by atoms with van der Waals surface area (Å²) in [7, 11) is 3.33. The molecule has 0 unspecified atom stereocenters. The van der Waals surface area contributed by atoms with Gasteiger partial charge >= 0.3 is 0 Å². The number of nitrogens with one attached hydrogen (secondary N) is 3. The lowest BCUT2D eigenvalue weighted by molar-refractivity contribution is -0.147. The van der Waals surface area contributed by atoms with Crippen molar-refractivity contribution in [1.82, 2.24) is 40.5 Å². The van der Waals surface area contributed by atoms with Crippen molar-refractivity contribution in [2.75, 3.05) is 26.4 Å². The van der Waals surface area contributed by atoms with Crippen LogP contribution < -0.4 is 31.2 Å². The van der Waals surface area contributed by atoms with Crippen LogP contribution >= 0.6 is 0 Å². The Hall–Kier alpha value is -7.65. The molecular formula is C62H77FN10O7. The van der Waals surface area contributed by atoms with E-state index < -0.39 is 35.5 Å². The van der Waals surface area contributed by atoms with Gasteiger partial charge in [0, 0.05) is 50.5 Å². The van der Waals surface area contributed by atoms with Gasteiger partial charge in [-0.05, 0) is 130 Å². The first-order valence-electron chi connectivity index (χ1n) is 28.3. The molecule has 2 bridgehead atoms. The lowest BCUT2D eigenvalue weighted by Gasteiger charge is -2.41. The van der Waals surface area contributed by atoms with Crippen molar-refractivity contribution in [3.8, 4) is 29.0 Å². The predicted octanol–water partition coefficient (Wildman–Crippen LogP) is 9.01. The second-order valence-electron chi connectivity index (χ2n) is 22.7. The summed E-state index contributed by atoms with van der Waals surface area (Å²) in [6, 6.07) is 21.2. The predicted molar refractivity (Wildman–Crippen MR) is 303 cm³/mol. The molecule has 3 aromatic carbocycles. The maximum Gasteiger partial charge on any atom is 0.254 e. The van der Waals surface area contributed by atoms with Crippen LogP contribution in [0.2, 0.25) is 0 Å². The number of carbonyl (C=O) groups is 5. The Labute approximate surface area is 469 Å². The van der Waals surface area contributed by atoms with Crippen LogP contribution in [0.15, 0.2) is 72.8 Å². The quantitative estimate of drug-likeness (QED) is 0.0536. The van der Waals surface area contributed by atoms with E-state index in [1.807, 2.05) is 51.1 Å². The van der Waals surface area contributed by atoms with Gasteiger partial charge in [-0.2, -0.15) is 10.4 Å². The van der Waals surface area contributed by atoms with Crippen molar-refractivity contribution in [2.45, 2.75) is 168 Å². The maximum absolute atomic E-state index is 14.8. The van der Waals surface area contributed by atoms with E-state index >= 15 is 0 Å². The van der Waals surface area contributed by atoms with Crippen molar-refractivity contribution < 1.29 is 37.8 Å². The Bertz CT molecular complexity index is 3130. The minimum Gasteiger partial charge on any atom is -0.494 e. The molecule has 18 heteroatoms. The summed E-state index contributed by atoms with van der Waals surface area (Å²) in [5.74, 6) is -0.789. The standard InChI is InChI=1S/C62H77FN10O7/c1-38(66-6)57(75)69-56(62(3,4)5)61(78)72-36-42-32-45(26-24-41(42)33-53(72)58(76)67-50-23-16-19-40-18-13-14-22-46(40)50)79-31-15-11-9-8-10-12-20-44(74)21-17-30-73-54-37-71(7)60(77)47-27-25-43(63)34-48(47)39(2)80-59-49(65)28-29-51(68-59)55(54)52(35-64)70-73/h13-14,18,22,24-29,32,34,38-39,50,53,56,66H,8-12,15-17,19-21,23,30-31,33,36-37,65H2,1-7H3,(H,67,76)(H,69,75)/t38-,39-,50+,53-,56+/m1/s1. The van der Waals surface area contributed by atoms with Gasteiger partial charge in [-0.3, -0.25) is 28.7 Å². The highest BCUT2D eigenvalue weighted by atomic mass is 19.1. The minimum atomic E-state index is -0.881. The number of nitrogens with two attached hydrogens (primary N) is 1. The number of carbonyl (C=O) groups excluding carboxylic acids is 5. The van der Waals surface area contributed by atoms with E-state index in [9.17, 15) is 33.6 Å². The van der Waals surface area contributed by atoms with Crippen LogP contribution in [-0.4, -0.2) is 92.8 Å². The summed E-state index contributed by atoms with van der Waals surface area (Å²) in [6.45, 7) is 10.3. The lowest BCUT2D eigenvalue weighted by atomic mass is 9.83. The average Bonchev–Trinajstić information content (AvgIpc) is 3.81. The maximum atomic E-state index is 14.8. The number of unbranched alkanes of at least 4 members (excludes halogenated alkanes) is 5. The SMILES string of the molecule is CN[C@H](C)C(=O)N[C@@H](C(=O)N1Cc2cc(OCCCCCCCCC(=O)CCCn3nc(C#N)c4c3CN(C)C(=O)c3ccc(F)cc3[C@@H](C)Oc3nc-4ccc3N)ccc2C[C@@H]1C(=O)N[C@H]1CCCc2ccccc21)C(C)(C)C. The number of ether oxygens (including phenoxy) is 2. The van der Waals surface area contributed by atoms with Crippen molar-refractivity contribution >= 4 is 35.1 Å². The molecule has 4 amide bonds. The molecule has 0 spiro atoms. The van der Waals surface area contributed by atoms with E-state index in [1.54, 1.807) is 49.7 Å². The fraction of sp³-hybridized carbons (Fsp3) is 0.484. The smallest absolute Gasteiger partial charge is 0.254 e. The fourth-order valence-electron chi connectivity index (χ4n) is 11.0. The molecule has 2 aliphatic heterocycles. The first kappa shape index (κ1) is 58.5. The van der Waals surface area contributed by atoms with Crippen molar-refractivity contribution in [3.63, 3.8) is 0 Å². The number of anilines is 1. The first-order chi connectivity index (χ1) is 38.3. The van der Waals surface area contributed by atoms with E-state index in [2.05, 4.69) is 44.2 Å². The fourth-order valence-corrected chi connectivity index (χ4v) is 11.0. The van der Waals surface area contributed by atoms with Gasteiger partial charge in [0.05, 0.1) is 47.9 Å². The molecule has 4 heterocycles. The number of halogens is 1. The number of Topliss-reactive ketones (excluding diaryl/α,β-unsaturated/α-hetero) is 1. The third-order valence-corrected chi connectivity index (χ3v) is 15.8. The molecule has 5 atom stereocenters. The van der Waals surface area contributed by atoms with Gasteiger partial charge in [-0.25, -0.2) is 9.37 Å². The summed E-state index contributed by atoms with van der Waals surface area (Å²) in [6.07, 6.45) is 9.02. The molecule has 3 aliphatic rings. The number of nitrogens with zero attached hydrogens (tertiary/aromatic N) is 6. The van der Waals surface area contributed by atoms with Crippen LogP contribution in [0.1, 0.15) is 167 Å². The van der Waals surface area contributed by atoms with E-state index in [0.29, 0.717) is 67.1 Å². The molecule has 17 nitrogen and oxygen atoms in total. The van der Waals surface area contributed by atoms with Gasteiger partial charge in [0.2, 0.25) is 23.6 Å². The molecule has 0 saturated carbocycles. The molecule has 0 radical (unpaired) electrons. The molecule has 424 valence electrons. The average molecular weight is 1090 g/mol. The topological polar surface area (TPSA) is 227 Å². The largest absolute Gasteiger partial charge is 0.494 e. The monoisotopic (exact) mass is 1090 g/mol. The van der Waals surface area contributed by atoms with E-state index in [-0.39, 0.29) is 71.4 Å². The summed E-state index contributed by atoms with van der Waals surface area (Å²) < 4.78 is 28.5. The number of benzene rings is 3. The van der Waals surface area contributed by atoms with Crippen LogP contribution in [0.4, 0.5) is 10.1 Å². The number of hydrogen-bond acceptors (Lipinski definition) is 12. The minimum absolute atomic E-state index is 0.0614. The highest BCUT2D eigenvalue weighted by molar-refractivity contribution is 5.96. The zero-order valence-electron chi connectivity index (χ0n) is 47.3. The first-order valence-corrected chi connectivity index (χ1v) is 28.3. The number of rotatable bonds is 20. The van der Waals surface area contributed by atoms with Crippen LogP contribution in [0, 0.1) is 22.6 Å². The third kappa shape index (κ3) is 13.8. The number of aromatic nitrogens is 3. The normalized spacial score (nSPS) is 17.6. The van der Waals surface area contributed by atoms with Gasteiger partial charge < -0.3 is 41.0 Å². The molecule has 80 heavy (non-hydrogen) atoms. The number of pyridine rings is 1. The van der Waals surface area contributed by atoms with Crippen molar-refractivity contribution in [1.29, 1.82) is 5.26 Å². The molecule has 1 aliphatic carbocycles. The number of amides is 4. The molecule has 0 saturated heterocycles. The number of hydrogen-bond donors (Lipinski definition) is 4. The number of nitrogen functional groups attached to an aromatic ring is 1. The van der Waals surface area contributed by atoms with Gasteiger partial charge in [-0.15, -0.1) is 0 Å². The van der Waals surface area contributed by atoms with Crippen LogP contribution in [0.3, 0.4) is 0 Å². The number of fused-ring (bicyclic) bond motifs is 7. The summed E-state index contributed by atoms with van der Waals surface area (Å²) in [5.41, 5.74) is 12.2. The van der Waals surface area contributed by atoms with Gasteiger partial charge in [-0.1, -0.05) is 76.8 Å². The Morgan fingerprint density at radius 2 is 1.68 bits per heavy atom. The summed E-state index contributed by atoms with van der Waals surface area (Å²) in [5, 5.41) is 24.1. The molecule has 2 aromatic heterocycles. The summed E-state index contributed by atoms with van der Waals surface area (Å²) in [4.78, 5) is 77.2. The Morgan fingerprint density at radius 3 is 2.44 bits per heavy atom. The second kappa shape index (κ2) is 26.1. The number of aryl methyl sites for hydroxylation is 2. The highest BCUT2D eigenvalue weighted by Crippen LogP contribution is 2.37. The van der Waals surface area contributed by atoms with E-state index in [4.69, 9.17) is 15.2 Å². The Balaban J connectivity index is 0.814. The summed E-state index contributed by atoms with van der Waals surface area (Å²) >= 11 is 0. The molecular weight excluding hydrogens is 1020 g/mol. The molecule has 5 aromatic rings. The Kier molecular flexibility index (Phi) is 19.1. The van der Waals surface area contributed by atoms with E-state index in [1.165, 1.54) is 28.7 Å². The molecule has 8 rings (SSSR count). The van der Waals surface area contributed by atoms with Gasteiger partial charge in [0.15, 0.2) is 5.69 Å². The van der Waals surface area contributed by atoms with Crippen molar-refractivity contribution in [3.05, 3.63) is 123 Å². The molecule has 0 fully saturated rings. The van der Waals surface area contributed by atoms with Gasteiger partial charge in [0.1, 0.15) is 41.6 Å². The van der Waals surface area contributed by atoms with E-state index in [0.717, 1.165) is 74.5 Å². The zero-order valence-corrected chi connectivity index (χ0v) is 47.3. The van der Waals surface area contributed by atoms with Crippen molar-refractivity contribution in [2.24, 2.45) is 5.41 Å². The van der Waals surface area contributed by atoms with Gasteiger partial charge in [0.25, 0.3) is 5.91 Å². The third-order valence-electron chi connectivity index (χ3n) is 15.8. The Morgan fingerprint density at radius 1 is 0.925 bits per heavy atom. The van der Waals surface area contributed by atoms with Crippen LogP contribution in [-0.2, 0) is 51.7 Å². The number of ketones is 1. The molecule has 5 N–H and O–H groups in total. The number of likely N-dealkylation sites (N-methyl/N-ethyl adjacent to an activating group) is 1. The second-order valence-corrected chi connectivity index (χ2v) is 22.7. The van der Waals surface area contributed by atoms with Crippen LogP contribution in [0.25, 0.3) is 11.3 Å². The van der Waals surface area contributed by atoms with Crippen LogP contribution in [0.5, 0.6) is 11.6 Å². The highest BCUT2D eigenvalue weighted by Gasteiger charge is 2.43. The lowest BCUT2D eigenvalue weighted by Crippen LogP contribution is -2.62. The number of nitriles is 1. The zero-order chi connectivity index (χ0) is 57.3.